The maximum absolute atomic E-state index is 6.49. The van der Waals surface area contributed by atoms with E-state index in [-0.39, 0.29) is 0 Å². The Bertz CT molecular complexity index is 3940. The number of para-hydroxylation sites is 4. The molecule has 13 rings (SSSR count). The molecule has 0 saturated heterocycles. The molecular formula is C66H44N2O. The van der Waals surface area contributed by atoms with Crippen LogP contribution >= 0.6 is 0 Å². The van der Waals surface area contributed by atoms with Crippen molar-refractivity contribution >= 4 is 60.8 Å². The second-order valence-electron chi connectivity index (χ2n) is 17.6. The quantitative estimate of drug-likeness (QED) is 0.144. The maximum Gasteiger partial charge on any atom is 0.143 e. The summed E-state index contributed by atoms with van der Waals surface area (Å²) in [5.74, 6) is 0. The van der Waals surface area contributed by atoms with Crippen molar-refractivity contribution in [3.8, 4) is 61.3 Å². The fourth-order valence-electron chi connectivity index (χ4n) is 10.4. The van der Waals surface area contributed by atoms with Gasteiger partial charge in [0.1, 0.15) is 11.2 Å². The van der Waals surface area contributed by atoms with E-state index in [0.29, 0.717) is 0 Å². The summed E-state index contributed by atoms with van der Waals surface area (Å²) >= 11 is 0. The Morgan fingerprint density at radius 2 is 0.754 bits per heavy atom. The number of benzene rings is 11. The standard InChI is InChI=1S/C66H44N2O/c1-3-17-45(18-4-1)49-37-42-56(64(44-49)68-62-30-12-9-25-58(62)59-26-10-13-31-63(59)68)47-33-38-51(39-34-47)67(53-22-15-21-50(43-53)55-24-8-7-23-54(55)46-19-5-2-6-20-46)52-40-35-48(36-41-52)57-28-16-29-61-60-27-11-14-32-65(60)69-66(57)61/h1-44H. The lowest BCUT2D eigenvalue weighted by atomic mass is 9.94. The Balaban J connectivity index is 0.953. The fraction of sp³-hybridized carbons (Fsp3) is 0. The summed E-state index contributed by atoms with van der Waals surface area (Å²) < 4.78 is 8.93. The maximum atomic E-state index is 6.49. The molecule has 69 heavy (non-hydrogen) atoms. The zero-order valence-corrected chi connectivity index (χ0v) is 37.7. The smallest absolute Gasteiger partial charge is 0.143 e. The molecule has 3 heteroatoms. The molecule has 0 aliphatic rings. The Labute approximate surface area is 401 Å². The van der Waals surface area contributed by atoms with E-state index in [9.17, 15) is 0 Å². The molecule has 0 atom stereocenters. The molecule has 0 unspecified atom stereocenters. The van der Waals surface area contributed by atoms with Crippen molar-refractivity contribution in [1.29, 1.82) is 0 Å². The molecule has 0 saturated carbocycles. The first-order chi connectivity index (χ1) is 34.2. The van der Waals surface area contributed by atoms with Crippen LogP contribution in [0.4, 0.5) is 17.1 Å². The van der Waals surface area contributed by atoms with Crippen LogP contribution in [0.3, 0.4) is 0 Å². The SMILES string of the molecule is c1ccc(-c2ccc(-c3ccc(N(c4ccc(-c5cccc6c5oc5ccccc56)cc4)c4cccc(-c5ccccc5-c5ccccc5)c4)cc3)c(-n3c4ccccc4c4ccccc43)c2)cc1. The zero-order chi connectivity index (χ0) is 45.7. The van der Waals surface area contributed by atoms with Gasteiger partial charge in [0.15, 0.2) is 0 Å². The average molecular weight is 881 g/mol. The fourth-order valence-corrected chi connectivity index (χ4v) is 10.4. The van der Waals surface area contributed by atoms with Crippen molar-refractivity contribution in [3.05, 3.63) is 267 Å². The molecule has 0 aliphatic carbocycles. The third-order valence-corrected chi connectivity index (χ3v) is 13.6. The van der Waals surface area contributed by atoms with Crippen LogP contribution in [-0.4, -0.2) is 4.57 Å². The van der Waals surface area contributed by atoms with Crippen LogP contribution in [0.15, 0.2) is 271 Å². The summed E-state index contributed by atoms with van der Waals surface area (Å²) in [7, 11) is 0. The lowest BCUT2D eigenvalue weighted by Gasteiger charge is -2.27. The predicted molar refractivity (Wildman–Crippen MR) is 290 cm³/mol. The van der Waals surface area contributed by atoms with E-state index in [1.165, 1.54) is 49.6 Å². The molecule has 0 spiro atoms. The molecule has 0 aliphatic heterocycles. The summed E-state index contributed by atoms with van der Waals surface area (Å²) in [4.78, 5) is 2.37. The second-order valence-corrected chi connectivity index (χ2v) is 17.6. The Morgan fingerprint density at radius 3 is 1.43 bits per heavy atom. The Hall–Kier alpha value is -9.18. The van der Waals surface area contributed by atoms with E-state index in [0.717, 1.165) is 72.5 Å². The number of nitrogens with zero attached hydrogens (tertiary/aromatic N) is 2. The molecule has 0 bridgehead atoms. The minimum Gasteiger partial charge on any atom is -0.455 e. The molecule has 0 N–H and O–H groups in total. The molecule has 0 radical (unpaired) electrons. The van der Waals surface area contributed by atoms with E-state index in [1.54, 1.807) is 0 Å². The molecule has 0 fully saturated rings. The number of fused-ring (bicyclic) bond motifs is 6. The average Bonchev–Trinajstić information content (AvgIpc) is 3.98. The normalized spacial score (nSPS) is 11.5. The van der Waals surface area contributed by atoms with Crippen LogP contribution in [0.2, 0.25) is 0 Å². The highest BCUT2D eigenvalue weighted by Crippen LogP contribution is 2.43. The van der Waals surface area contributed by atoms with Crippen molar-refractivity contribution < 1.29 is 4.42 Å². The first kappa shape index (κ1) is 40.1. The number of rotatable bonds is 9. The van der Waals surface area contributed by atoms with Crippen molar-refractivity contribution in [2.45, 2.75) is 0 Å². The summed E-state index contributed by atoms with van der Waals surface area (Å²) in [5.41, 5.74) is 20.0. The largest absolute Gasteiger partial charge is 0.455 e. The first-order valence-corrected chi connectivity index (χ1v) is 23.6. The third kappa shape index (κ3) is 7.08. The van der Waals surface area contributed by atoms with Crippen LogP contribution in [0.5, 0.6) is 0 Å². The van der Waals surface area contributed by atoms with E-state index in [4.69, 9.17) is 4.42 Å². The highest BCUT2D eigenvalue weighted by atomic mass is 16.3. The number of anilines is 3. The summed E-state index contributed by atoms with van der Waals surface area (Å²) in [5, 5.41) is 4.73. The lowest BCUT2D eigenvalue weighted by Crippen LogP contribution is -2.10. The van der Waals surface area contributed by atoms with Gasteiger partial charge in [0.2, 0.25) is 0 Å². The van der Waals surface area contributed by atoms with Gasteiger partial charge < -0.3 is 13.9 Å². The highest BCUT2D eigenvalue weighted by molar-refractivity contribution is 6.11. The van der Waals surface area contributed by atoms with Crippen LogP contribution in [0, 0.1) is 0 Å². The molecule has 0 amide bonds. The van der Waals surface area contributed by atoms with Crippen LogP contribution in [-0.2, 0) is 0 Å². The van der Waals surface area contributed by atoms with Gasteiger partial charge in [-0.05, 0) is 105 Å². The molecule has 3 nitrogen and oxygen atoms in total. The third-order valence-electron chi connectivity index (χ3n) is 13.6. The molecular weight excluding hydrogens is 837 g/mol. The van der Waals surface area contributed by atoms with Gasteiger partial charge in [-0.15, -0.1) is 0 Å². The Kier molecular flexibility index (Phi) is 9.84. The van der Waals surface area contributed by atoms with Crippen molar-refractivity contribution in [2.75, 3.05) is 4.90 Å². The summed E-state index contributed by atoms with van der Waals surface area (Å²) in [6, 6.07) is 96.1. The van der Waals surface area contributed by atoms with Gasteiger partial charge in [-0.2, -0.15) is 0 Å². The number of furan rings is 1. The van der Waals surface area contributed by atoms with E-state index >= 15 is 0 Å². The first-order valence-electron chi connectivity index (χ1n) is 23.6. The van der Waals surface area contributed by atoms with Gasteiger partial charge in [0.25, 0.3) is 0 Å². The van der Waals surface area contributed by atoms with Gasteiger partial charge >= 0.3 is 0 Å². The monoisotopic (exact) mass is 880 g/mol. The minimum atomic E-state index is 0.897. The van der Waals surface area contributed by atoms with Gasteiger partial charge in [-0.1, -0.05) is 206 Å². The lowest BCUT2D eigenvalue weighted by molar-refractivity contribution is 0.670. The molecule has 13 aromatic rings. The van der Waals surface area contributed by atoms with Crippen LogP contribution < -0.4 is 4.90 Å². The van der Waals surface area contributed by atoms with Crippen molar-refractivity contribution in [2.24, 2.45) is 0 Å². The van der Waals surface area contributed by atoms with Gasteiger partial charge in [0.05, 0.1) is 16.7 Å². The van der Waals surface area contributed by atoms with E-state index in [2.05, 4.69) is 264 Å². The van der Waals surface area contributed by atoms with Crippen LogP contribution in [0.25, 0.3) is 105 Å². The van der Waals surface area contributed by atoms with Crippen molar-refractivity contribution in [3.63, 3.8) is 0 Å². The summed E-state index contributed by atoms with van der Waals surface area (Å²) in [6.07, 6.45) is 0. The number of hydrogen-bond acceptors (Lipinski definition) is 2. The molecule has 2 aromatic heterocycles. The van der Waals surface area contributed by atoms with E-state index < -0.39 is 0 Å². The predicted octanol–water partition coefficient (Wildman–Crippen LogP) is 18.5. The Morgan fingerprint density at radius 1 is 0.275 bits per heavy atom. The van der Waals surface area contributed by atoms with Gasteiger partial charge in [0, 0.05) is 49.7 Å². The highest BCUT2D eigenvalue weighted by Gasteiger charge is 2.20. The second kappa shape index (κ2) is 16.9. The molecule has 2 heterocycles. The topological polar surface area (TPSA) is 21.3 Å². The van der Waals surface area contributed by atoms with E-state index in [1.807, 2.05) is 12.1 Å². The number of aromatic nitrogens is 1. The van der Waals surface area contributed by atoms with Gasteiger partial charge in [-0.3, -0.25) is 0 Å². The molecule has 11 aromatic carbocycles. The number of hydrogen-bond donors (Lipinski definition) is 0. The minimum absolute atomic E-state index is 0.897. The molecule has 324 valence electrons. The van der Waals surface area contributed by atoms with Crippen molar-refractivity contribution in [1.82, 2.24) is 4.57 Å². The van der Waals surface area contributed by atoms with Crippen LogP contribution in [0.1, 0.15) is 0 Å². The van der Waals surface area contributed by atoms with Gasteiger partial charge in [-0.25, -0.2) is 0 Å². The summed E-state index contributed by atoms with van der Waals surface area (Å²) in [6.45, 7) is 0. The zero-order valence-electron chi connectivity index (χ0n) is 37.7.